The van der Waals surface area contributed by atoms with Crippen LogP contribution in [0.25, 0.3) is 16.1 Å². The molecule has 1 aliphatic rings. The van der Waals surface area contributed by atoms with Crippen LogP contribution in [-0.2, 0) is 16.2 Å². The summed E-state index contributed by atoms with van der Waals surface area (Å²) in [5, 5.41) is 9.78. The van der Waals surface area contributed by atoms with E-state index >= 15 is 0 Å². The number of alkyl halides is 3. The molecule has 4 rings (SSSR count). The molecule has 0 radical (unpaired) electrons. The number of nitrogens with zero attached hydrogens (tertiary/aromatic N) is 4. The van der Waals surface area contributed by atoms with Gasteiger partial charge in [-0.3, -0.25) is 4.79 Å². The molecule has 0 unspecified atom stereocenters. The SMILES string of the molecule is CN(C)C(=O)c1ccc(-c2nnc(C3=CCN(S(=O)(=O)c4ccccc4C(F)(F)F)CC3)s2)cc1Cl. The Morgan fingerprint density at radius 3 is 2.42 bits per heavy atom. The van der Waals surface area contributed by atoms with Crippen molar-refractivity contribution in [1.82, 2.24) is 19.4 Å². The minimum absolute atomic E-state index is 0.00242. The monoisotopic (exact) mass is 556 g/mol. The Bertz CT molecular complexity index is 1450. The largest absolute Gasteiger partial charge is 0.417 e. The third kappa shape index (κ3) is 5.17. The molecule has 0 N–H and O–H groups in total. The van der Waals surface area contributed by atoms with E-state index in [0.717, 1.165) is 28.1 Å². The van der Waals surface area contributed by atoms with Gasteiger partial charge in [0.15, 0.2) is 0 Å². The fourth-order valence-electron chi connectivity index (χ4n) is 3.66. The third-order valence-corrected chi connectivity index (χ3v) is 8.82. The highest BCUT2D eigenvalue weighted by atomic mass is 35.5. The van der Waals surface area contributed by atoms with Gasteiger partial charge in [0.05, 0.1) is 21.0 Å². The van der Waals surface area contributed by atoms with Crippen LogP contribution in [0, 0.1) is 0 Å². The Labute approximate surface area is 214 Å². The van der Waals surface area contributed by atoms with Gasteiger partial charge in [-0.25, -0.2) is 8.42 Å². The molecule has 2 heterocycles. The average Bonchev–Trinajstić information content (AvgIpc) is 3.33. The quantitative estimate of drug-likeness (QED) is 0.439. The van der Waals surface area contributed by atoms with Crippen LogP contribution in [0.1, 0.15) is 27.3 Å². The molecule has 2 aromatic carbocycles. The highest BCUT2D eigenvalue weighted by Gasteiger charge is 2.39. The average molecular weight is 557 g/mol. The van der Waals surface area contributed by atoms with Crippen molar-refractivity contribution in [1.29, 1.82) is 0 Å². The van der Waals surface area contributed by atoms with Crippen LogP contribution in [0.5, 0.6) is 0 Å². The molecular weight excluding hydrogens is 537 g/mol. The second kappa shape index (κ2) is 9.92. The summed E-state index contributed by atoms with van der Waals surface area (Å²) in [6.45, 7) is -0.0889. The predicted octanol–water partition coefficient (Wildman–Crippen LogP) is 5.06. The Balaban J connectivity index is 1.54. The summed E-state index contributed by atoms with van der Waals surface area (Å²) in [7, 11) is -1.10. The van der Waals surface area contributed by atoms with Crippen molar-refractivity contribution in [2.24, 2.45) is 0 Å². The molecule has 0 atom stereocenters. The van der Waals surface area contributed by atoms with E-state index < -0.39 is 26.7 Å². The molecule has 0 saturated heterocycles. The first-order valence-electron chi connectivity index (χ1n) is 10.6. The Morgan fingerprint density at radius 2 is 1.81 bits per heavy atom. The van der Waals surface area contributed by atoms with E-state index in [0.29, 0.717) is 21.1 Å². The van der Waals surface area contributed by atoms with Gasteiger partial charge < -0.3 is 4.90 Å². The number of aromatic nitrogens is 2. The number of rotatable bonds is 5. The zero-order chi connectivity index (χ0) is 26.3. The number of halogens is 4. The van der Waals surface area contributed by atoms with Gasteiger partial charge in [0.25, 0.3) is 5.91 Å². The lowest BCUT2D eigenvalue weighted by atomic mass is 10.1. The lowest BCUT2D eigenvalue weighted by Crippen LogP contribution is -2.35. The van der Waals surface area contributed by atoms with E-state index in [1.165, 1.54) is 22.3 Å². The van der Waals surface area contributed by atoms with Gasteiger partial charge in [-0.05, 0) is 36.3 Å². The van der Waals surface area contributed by atoms with E-state index in [1.54, 1.807) is 38.4 Å². The van der Waals surface area contributed by atoms with Crippen LogP contribution in [0.15, 0.2) is 53.4 Å². The highest BCUT2D eigenvalue weighted by Crippen LogP contribution is 2.37. The summed E-state index contributed by atoms with van der Waals surface area (Å²) in [5.41, 5.74) is 0.590. The third-order valence-electron chi connectivity index (χ3n) is 5.53. The predicted molar refractivity (Wildman–Crippen MR) is 131 cm³/mol. The van der Waals surface area contributed by atoms with E-state index in [9.17, 15) is 26.4 Å². The number of carbonyl (C=O) groups excluding carboxylic acids is 1. The van der Waals surface area contributed by atoms with Crippen molar-refractivity contribution < 1.29 is 26.4 Å². The molecule has 0 bridgehead atoms. The molecule has 0 fully saturated rings. The lowest BCUT2D eigenvalue weighted by molar-refractivity contribution is -0.139. The first kappa shape index (κ1) is 26.3. The molecular formula is C23H20ClF3N4O3S2. The maximum atomic E-state index is 13.4. The zero-order valence-corrected chi connectivity index (χ0v) is 21.5. The van der Waals surface area contributed by atoms with Crippen molar-refractivity contribution in [3.8, 4) is 10.6 Å². The number of benzene rings is 2. The Hall–Kier alpha value is -2.80. The minimum Gasteiger partial charge on any atom is -0.345 e. The standard InChI is InChI=1S/C23H20ClF3N4O3S2/c1-30(2)22(32)16-8-7-15(13-18(16)24)21-29-28-20(35-21)14-9-11-31(12-10-14)36(33,34)19-6-4-3-5-17(19)23(25,26)27/h3-9,13H,10-12H2,1-2H3. The van der Waals surface area contributed by atoms with Gasteiger partial charge in [0.2, 0.25) is 10.0 Å². The van der Waals surface area contributed by atoms with Crippen LogP contribution in [0.2, 0.25) is 5.02 Å². The van der Waals surface area contributed by atoms with Crippen LogP contribution >= 0.6 is 22.9 Å². The molecule has 1 aliphatic heterocycles. The molecule has 1 aromatic heterocycles. The molecule has 0 spiro atoms. The Kier molecular flexibility index (Phi) is 7.24. The van der Waals surface area contributed by atoms with E-state index in [4.69, 9.17) is 11.6 Å². The summed E-state index contributed by atoms with van der Waals surface area (Å²) >= 11 is 7.56. The first-order chi connectivity index (χ1) is 16.9. The topological polar surface area (TPSA) is 83.5 Å². The fraction of sp³-hybridized carbons (Fsp3) is 0.261. The number of sulfonamides is 1. The second-order valence-corrected chi connectivity index (χ2v) is 11.4. The summed E-state index contributed by atoms with van der Waals surface area (Å²) in [6, 6.07) is 9.11. The maximum Gasteiger partial charge on any atom is 0.417 e. The molecule has 0 saturated carbocycles. The molecule has 1 amide bonds. The van der Waals surface area contributed by atoms with Crippen molar-refractivity contribution in [2.75, 3.05) is 27.2 Å². The molecule has 3 aromatic rings. The number of hydrogen-bond donors (Lipinski definition) is 0. The minimum atomic E-state index is -4.79. The van der Waals surface area contributed by atoms with Gasteiger partial charge >= 0.3 is 6.18 Å². The van der Waals surface area contributed by atoms with Gasteiger partial charge in [-0.1, -0.05) is 47.2 Å². The first-order valence-corrected chi connectivity index (χ1v) is 13.2. The Morgan fingerprint density at radius 1 is 1.11 bits per heavy atom. The van der Waals surface area contributed by atoms with Crippen molar-refractivity contribution in [2.45, 2.75) is 17.5 Å². The molecule has 0 aliphatic carbocycles. The lowest BCUT2D eigenvalue weighted by Gasteiger charge is -2.26. The molecule has 36 heavy (non-hydrogen) atoms. The highest BCUT2D eigenvalue weighted by molar-refractivity contribution is 7.89. The normalized spacial score (nSPS) is 15.0. The summed E-state index contributed by atoms with van der Waals surface area (Å²) in [4.78, 5) is 12.8. The molecule has 190 valence electrons. The van der Waals surface area contributed by atoms with Gasteiger partial charge in [-0.15, -0.1) is 10.2 Å². The zero-order valence-electron chi connectivity index (χ0n) is 19.1. The van der Waals surface area contributed by atoms with Gasteiger partial charge in [0.1, 0.15) is 10.0 Å². The second-order valence-electron chi connectivity index (χ2n) is 8.14. The van der Waals surface area contributed by atoms with E-state index in [2.05, 4.69) is 10.2 Å². The number of amides is 1. The van der Waals surface area contributed by atoms with Crippen LogP contribution in [-0.4, -0.2) is 60.9 Å². The summed E-state index contributed by atoms with van der Waals surface area (Å²) < 4.78 is 67.0. The summed E-state index contributed by atoms with van der Waals surface area (Å²) in [5.74, 6) is -0.228. The number of carbonyl (C=O) groups is 1. The van der Waals surface area contributed by atoms with Crippen molar-refractivity contribution >= 4 is 44.4 Å². The van der Waals surface area contributed by atoms with Crippen molar-refractivity contribution in [3.63, 3.8) is 0 Å². The van der Waals surface area contributed by atoms with Crippen LogP contribution in [0.4, 0.5) is 13.2 Å². The smallest absolute Gasteiger partial charge is 0.345 e. The van der Waals surface area contributed by atoms with Gasteiger partial charge in [-0.2, -0.15) is 17.5 Å². The van der Waals surface area contributed by atoms with Crippen LogP contribution in [0.3, 0.4) is 0 Å². The maximum absolute atomic E-state index is 13.4. The van der Waals surface area contributed by atoms with Crippen LogP contribution < -0.4 is 0 Å². The van der Waals surface area contributed by atoms with Gasteiger partial charge in [0, 0.05) is 32.7 Å². The summed E-state index contributed by atoms with van der Waals surface area (Å²) in [6.07, 6.45) is -2.89. The van der Waals surface area contributed by atoms with E-state index in [1.807, 2.05) is 0 Å². The fourth-order valence-corrected chi connectivity index (χ4v) is 6.42. The molecule has 7 nitrogen and oxygen atoms in total. The van der Waals surface area contributed by atoms with E-state index in [-0.39, 0.29) is 30.4 Å². The van der Waals surface area contributed by atoms with Crippen molar-refractivity contribution in [3.05, 3.63) is 69.7 Å². The molecule has 13 heteroatoms. The number of hydrogen-bond acceptors (Lipinski definition) is 6.